The van der Waals surface area contributed by atoms with Gasteiger partial charge in [-0.25, -0.2) is 9.78 Å². The van der Waals surface area contributed by atoms with Crippen LogP contribution in [0.25, 0.3) is 0 Å². The van der Waals surface area contributed by atoms with E-state index in [9.17, 15) is 39.0 Å². The first-order chi connectivity index (χ1) is 30.9. The standard InChI is InChI=1S/C47H72N6O11S/c1-9-14-40(55)62-27-53(45(58)41(29(5)10-2)51-43(57)37-16-11-12-22-52(37)8)38(28(3)4)25-39(63-31(7)54)44-50-36(26-65-44)42(56)49-33(23-30(6)46(59)60)24-32-17-19-34(20-18-32)64-47(61)35-15-13-21-48-35/h17-20,26,28-30,33,35,37-39,41-42,48-49,56H,9-16,21-25,27H2,1-8H3,(H,51,57)(H,59,60)/t29-,30-,33+,35+,37+,38+,39+,41-,42?/m0/s1. The van der Waals surface area contributed by atoms with E-state index < -0.39 is 60.2 Å². The van der Waals surface area contributed by atoms with Gasteiger partial charge in [0.2, 0.25) is 11.8 Å². The lowest BCUT2D eigenvalue weighted by atomic mass is 9.92. The largest absolute Gasteiger partial charge is 0.481 e. The van der Waals surface area contributed by atoms with Crippen molar-refractivity contribution in [2.24, 2.45) is 17.8 Å². The van der Waals surface area contributed by atoms with Crippen LogP contribution >= 0.6 is 11.3 Å². The highest BCUT2D eigenvalue weighted by Gasteiger charge is 2.39. The van der Waals surface area contributed by atoms with E-state index in [-0.39, 0.29) is 67.5 Å². The molecule has 0 radical (unpaired) electrons. The highest BCUT2D eigenvalue weighted by Crippen LogP contribution is 2.33. The third-order valence-corrected chi connectivity index (χ3v) is 13.4. The van der Waals surface area contributed by atoms with E-state index in [0.717, 1.165) is 49.3 Å². The normalized spacial score (nSPS) is 19.8. The second-order valence-corrected chi connectivity index (χ2v) is 18.9. The van der Waals surface area contributed by atoms with Gasteiger partial charge in [0.25, 0.3) is 0 Å². The first kappa shape index (κ1) is 53.1. The minimum Gasteiger partial charge on any atom is -0.481 e. The zero-order valence-electron chi connectivity index (χ0n) is 39.4. The van der Waals surface area contributed by atoms with Crippen LogP contribution in [0.5, 0.6) is 5.75 Å². The predicted molar refractivity (Wildman–Crippen MR) is 244 cm³/mol. The Morgan fingerprint density at radius 3 is 2.34 bits per heavy atom. The Morgan fingerprint density at radius 1 is 1.02 bits per heavy atom. The molecule has 9 atom stereocenters. The molecule has 2 aliphatic rings. The molecule has 362 valence electrons. The molecule has 2 fully saturated rings. The van der Waals surface area contributed by atoms with E-state index in [1.54, 1.807) is 36.6 Å². The number of likely N-dealkylation sites (tertiary alicyclic amines) is 1. The number of aliphatic carboxylic acids is 1. The van der Waals surface area contributed by atoms with Crippen molar-refractivity contribution in [3.8, 4) is 5.75 Å². The van der Waals surface area contributed by atoms with Gasteiger partial charge in [0.1, 0.15) is 29.1 Å². The summed E-state index contributed by atoms with van der Waals surface area (Å²) in [5, 5.41) is 32.6. The third kappa shape index (κ3) is 16.1. The van der Waals surface area contributed by atoms with Crippen molar-refractivity contribution in [2.45, 2.75) is 162 Å². The number of carbonyl (C=O) groups is 6. The van der Waals surface area contributed by atoms with E-state index in [1.165, 1.54) is 11.8 Å². The van der Waals surface area contributed by atoms with Gasteiger partial charge in [0.15, 0.2) is 12.8 Å². The summed E-state index contributed by atoms with van der Waals surface area (Å²) in [5.41, 5.74) is 1.03. The Balaban J connectivity index is 1.58. The quantitative estimate of drug-likeness (QED) is 0.0486. The molecule has 1 aromatic heterocycles. The fraction of sp³-hybridized carbons (Fsp3) is 0.681. The lowest BCUT2D eigenvalue weighted by Gasteiger charge is -2.39. The summed E-state index contributed by atoms with van der Waals surface area (Å²) in [7, 11) is 1.90. The molecule has 1 unspecified atom stereocenters. The van der Waals surface area contributed by atoms with E-state index in [0.29, 0.717) is 42.9 Å². The molecule has 3 heterocycles. The number of aliphatic hydroxyl groups excluding tert-OH is 1. The number of amides is 2. The lowest BCUT2D eigenvalue weighted by molar-refractivity contribution is -0.160. The molecule has 2 aromatic rings. The number of ether oxygens (including phenoxy) is 3. The zero-order chi connectivity index (χ0) is 47.8. The van der Waals surface area contributed by atoms with Crippen LogP contribution < -0.4 is 20.7 Å². The summed E-state index contributed by atoms with van der Waals surface area (Å²) < 4.78 is 17.1. The monoisotopic (exact) mass is 928 g/mol. The van der Waals surface area contributed by atoms with Crippen molar-refractivity contribution in [3.05, 3.63) is 45.9 Å². The van der Waals surface area contributed by atoms with Gasteiger partial charge in [-0.05, 0) is 94.6 Å². The maximum atomic E-state index is 14.8. The Labute approximate surface area is 387 Å². The summed E-state index contributed by atoms with van der Waals surface area (Å²) in [6.07, 6.45) is 3.70. The summed E-state index contributed by atoms with van der Waals surface area (Å²) in [6.45, 7) is 13.5. The van der Waals surface area contributed by atoms with Crippen molar-refractivity contribution in [1.82, 2.24) is 30.7 Å². The first-order valence-electron chi connectivity index (χ1n) is 23.2. The topological polar surface area (TPSA) is 226 Å². The number of hydrogen-bond acceptors (Lipinski definition) is 15. The van der Waals surface area contributed by atoms with Crippen LogP contribution in [0.15, 0.2) is 29.6 Å². The lowest BCUT2D eigenvalue weighted by Crippen LogP contribution is -2.59. The molecule has 65 heavy (non-hydrogen) atoms. The number of thiazole rings is 1. The van der Waals surface area contributed by atoms with E-state index in [2.05, 4.69) is 16.0 Å². The van der Waals surface area contributed by atoms with Gasteiger partial charge in [0.05, 0.1) is 17.7 Å². The van der Waals surface area contributed by atoms with E-state index in [1.807, 2.05) is 46.6 Å². The number of rotatable bonds is 25. The fourth-order valence-electron chi connectivity index (χ4n) is 8.31. The van der Waals surface area contributed by atoms with Gasteiger partial charge >= 0.3 is 23.9 Å². The van der Waals surface area contributed by atoms with E-state index >= 15 is 0 Å². The number of nitrogens with zero attached hydrogens (tertiary/aromatic N) is 3. The second kappa shape index (κ2) is 26.0. The number of piperidine rings is 1. The number of hydrogen-bond donors (Lipinski definition) is 5. The Bertz CT molecular complexity index is 1870. The number of aliphatic hydroxyl groups is 1. The van der Waals surface area contributed by atoms with Crippen LogP contribution in [0.4, 0.5) is 0 Å². The van der Waals surface area contributed by atoms with Crippen molar-refractivity contribution in [2.75, 3.05) is 26.9 Å². The SMILES string of the molecule is CCCC(=O)OCN(C(=O)[C@@H](NC(=O)[C@H]1CCCCN1C)[C@@H](C)CC)[C@H](C[C@@H](OC(C)=O)c1nc(C(O)N[C@@H](Cc2ccc(OC(=O)[C@H]3CCCN3)cc2)C[C@H](C)C(=O)O)cs1)C(C)C. The molecule has 17 nitrogen and oxygen atoms in total. The predicted octanol–water partition coefficient (Wildman–Crippen LogP) is 5.27. The van der Waals surface area contributed by atoms with Crippen LogP contribution in [-0.4, -0.2) is 118 Å². The van der Waals surface area contributed by atoms with Crippen molar-refractivity contribution in [3.63, 3.8) is 0 Å². The fourth-order valence-corrected chi connectivity index (χ4v) is 9.19. The number of benzene rings is 1. The molecular formula is C47H72N6O11S. The number of carbonyl (C=O) groups excluding carboxylic acids is 5. The highest BCUT2D eigenvalue weighted by molar-refractivity contribution is 7.09. The van der Waals surface area contributed by atoms with Gasteiger partial charge in [-0.1, -0.05) is 66.5 Å². The molecule has 4 rings (SSSR count). The van der Waals surface area contributed by atoms with Gasteiger partial charge in [-0.3, -0.25) is 34.2 Å². The number of aromatic nitrogens is 1. The molecule has 0 bridgehead atoms. The Morgan fingerprint density at radius 2 is 1.74 bits per heavy atom. The molecular weight excluding hydrogens is 857 g/mol. The maximum Gasteiger partial charge on any atom is 0.328 e. The zero-order valence-corrected chi connectivity index (χ0v) is 40.2. The number of nitrogens with one attached hydrogen (secondary N) is 3. The molecule has 2 aliphatic heterocycles. The van der Waals surface area contributed by atoms with Crippen LogP contribution in [-0.2, 0) is 44.7 Å². The van der Waals surface area contributed by atoms with Crippen LogP contribution in [0.2, 0.25) is 0 Å². The van der Waals surface area contributed by atoms with Crippen molar-refractivity contribution >= 4 is 47.0 Å². The summed E-state index contributed by atoms with van der Waals surface area (Å²) in [6, 6.07) is 4.11. The molecule has 5 N–H and O–H groups in total. The smallest absolute Gasteiger partial charge is 0.328 e. The minimum absolute atomic E-state index is 0.0541. The van der Waals surface area contributed by atoms with Crippen LogP contribution in [0.1, 0.15) is 141 Å². The number of likely N-dealkylation sites (N-methyl/N-ethyl adjacent to an activating group) is 1. The van der Waals surface area contributed by atoms with Crippen LogP contribution in [0, 0.1) is 17.8 Å². The maximum absolute atomic E-state index is 14.8. The van der Waals surface area contributed by atoms with Crippen molar-refractivity contribution in [1.29, 1.82) is 0 Å². The minimum atomic E-state index is -1.34. The first-order valence-corrected chi connectivity index (χ1v) is 24.1. The Kier molecular flexibility index (Phi) is 21.3. The average Bonchev–Trinajstić information content (AvgIpc) is 3.99. The van der Waals surface area contributed by atoms with Gasteiger partial charge in [-0.2, -0.15) is 0 Å². The number of esters is 3. The van der Waals surface area contributed by atoms with E-state index in [4.69, 9.17) is 19.2 Å². The van der Waals surface area contributed by atoms with Gasteiger partial charge in [-0.15, -0.1) is 11.3 Å². The third-order valence-electron chi connectivity index (χ3n) is 12.4. The van der Waals surface area contributed by atoms with Crippen LogP contribution in [0.3, 0.4) is 0 Å². The molecule has 0 saturated carbocycles. The number of carboxylic acids is 1. The second-order valence-electron chi connectivity index (χ2n) is 18.0. The van der Waals surface area contributed by atoms with Gasteiger partial charge in [0, 0.05) is 37.2 Å². The Hall–Kier alpha value is -4.49. The number of carboxylic acid groups (broad SMARTS) is 1. The highest BCUT2D eigenvalue weighted by atomic mass is 32.1. The molecule has 2 saturated heterocycles. The molecule has 2 amide bonds. The molecule has 1 aromatic carbocycles. The average molecular weight is 929 g/mol. The molecule has 0 aliphatic carbocycles. The molecule has 18 heteroatoms. The van der Waals surface area contributed by atoms with Crippen molar-refractivity contribution < 1.29 is 53.2 Å². The summed E-state index contributed by atoms with van der Waals surface area (Å²) in [5.74, 6) is -3.95. The summed E-state index contributed by atoms with van der Waals surface area (Å²) >= 11 is 1.15. The van der Waals surface area contributed by atoms with Gasteiger partial charge < -0.3 is 40.0 Å². The molecule has 0 spiro atoms. The summed E-state index contributed by atoms with van der Waals surface area (Å²) in [4.78, 5) is 86.7.